The number of hydrogen-bond acceptors (Lipinski definition) is 7. The Hall–Kier alpha value is -2.06. The molecule has 0 heterocycles. The van der Waals surface area contributed by atoms with E-state index in [0.717, 1.165) is 12.0 Å². The van der Waals surface area contributed by atoms with Crippen LogP contribution in [0.25, 0.3) is 0 Å². The number of esters is 2. The third-order valence-electron chi connectivity index (χ3n) is 3.30. The Balaban J connectivity index is 2.27. The fourth-order valence-electron chi connectivity index (χ4n) is 2.07. The highest BCUT2D eigenvalue weighted by Gasteiger charge is 2.17. The van der Waals surface area contributed by atoms with Crippen LogP contribution in [0.5, 0.6) is 0 Å². The van der Waals surface area contributed by atoms with Crippen LogP contribution in [0.1, 0.15) is 19.4 Å². The summed E-state index contributed by atoms with van der Waals surface area (Å²) in [5.74, 6) is -0.364. The quantitative estimate of drug-likeness (QED) is 0.548. The molecule has 0 radical (unpaired) electrons. The smallest absolute Gasteiger partial charge is 0.303 e. The maximum Gasteiger partial charge on any atom is 0.303 e. The first-order valence-corrected chi connectivity index (χ1v) is 9.49. The molecule has 0 unspecified atom stereocenters. The molecule has 1 aromatic carbocycles. The van der Waals surface area contributed by atoms with Gasteiger partial charge in [-0.25, -0.2) is 0 Å². The summed E-state index contributed by atoms with van der Waals surface area (Å²) in [7, 11) is 0. The van der Waals surface area contributed by atoms with Gasteiger partial charge in [0.2, 0.25) is 5.91 Å². The van der Waals surface area contributed by atoms with Crippen molar-refractivity contribution in [3.8, 4) is 0 Å². The predicted octanol–water partition coefficient (Wildman–Crippen LogP) is 0.901. The fraction of sp³-hybridized carbons (Fsp3) is 0.500. The van der Waals surface area contributed by atoms with Gasteiger partial charge in [0.05, 0.1) is 6.04 Å². The van der Waals surface area contributed by atoms with Crippen LogP contribution in [0.15, 0.2) is 30.3 Å². The first-order valence-electron chi connectivity index (χ1n) is 8.34. The SMILES string of the molecule is CC(=O)OC[C@H](CSC[C@H](N)C(=O)NCCc1ccccc1)OC(C)=O. The molecule has 0 aliphatic carbocycles. The van der Waals surface area contributed by atoms with Gasteiger partial charge in [0.1, 0.15) is 12.7 Å². The normalized spacial score (nSPS) is 12.7. The van der Waals surface area contributed by atoms with Crippen LogP contribution in [0.2, 0.25) is 0 Å². The summed E-state index contributed by atoms with van der Waals surface area (Å²) in [4.78, 5) is 33.9. The summed E-state index contributed by atoms with van der Waals surface area (Å²) in [6.45, 7) is 3.08. The summed E-state index contributed by atoms with van der Waals surface area (Å²) in [6, 6.07) is 9.19. The molecule has 0 bridgehead atoms. The van der Waals surface area contributed by atoms with Gasteiger partial charge in [-0.1, -0.05) is 30.3 Å². The van der Waals surface area contributed by atoms with E-state index in [1.165, 1.54) is 25.6 Å². The number of amides is 1. The fourth-order valence-corrected chi connectivity index (χ4v) is 3.04. The molecule has 0 saturated carbocycles. The molecule has 0 aliphatic heterocycles. The van der Waals surface area contributed by atoms with Crippen molar-refractivity contribution in [1.82, 2.24) is 5.32 Å². The maximum absolute atomic E-state index is 12.0. The van der Waals surface area contributed by atoms with Gasteiger partial charge in [-0.05, 0) is 12.0 Å². The standard InChI is InChI=1S/C18H26N2O5S/c1-13(21)24-10-16(25-14(2)22)11-26-12-17(19)18(23)20-9-8-15-6-4-3-5-7-15/h3-7,16-17H,8-12,19H2,1-2H3,(H,20,23)/t16-,17+/m1/s1. The second-order valence-electron chi connectivity index (χ2n) is 5.70. The van der Waals surface area contributed by atoms with Crippen molar-refractivity contribution in [2.75, 3.05) is 24.7 Å². The number of ether oxygens (including phenoxy) is 2. The van der Waals surface area contributed by atoms with E-state index in [4.69, 9.17) is 15.2 Å². The summed E-state index contributed by atoms with van der Waals surface area (Å²) >= 11 is 1.37. The molecule has 1 aromatic rings. The Bertz CT molecular complexity index is 582. The minimum atomic E-state index is -0.664. The molecule has 1 rings (SSSR count). The number of hydrogen-bond donors (Lipinski definition) is 2. The monoisotopic (exact) mass is 382 g/mol. The lowest BCUT2D eigenvalue weighted by molar-refractivity contribution is -0.154. The molecule has 1 amide bonds. The number of nitrogens with one attached hydrogen (secondary N) is 1. The molecular formula is C18H26N2O5S. The van der Waals surface area contributed by atoms with Crippen molar-refractivity contribution >= 4 is 29.6 Å². The molecule has 3 N–H and O–H groups in total. The second-order valence-corrected chi connectivity index (χ2v) is 6.78. The average molecular weight is 382 g/mol. The Morgan fingerprint density at radius 1 is 1.12 bits per heavy atom. The van der Waals surface area contributed by atoms with Crippen LogP contribution in [0, 0.1) is 0 Å². The molecule has 0 fully saturated rings. The maximum atomic E-state index is 12.0. The summed E-state index contributed by atoms with van der Waals surface area (Å²) in [6.07, 6.45) is 0.179. The largest absolute Gasteiger partial charge is 0.462 e. The highest BCUT2D eigenvalue weighted by molar-refractivity contribution is 7.99. The zero-order valence-electron chi connectivity index (χ0n) is 15.1. The van der Waals surface area contributed by atoms with E-state index < -0.39 is 24.1 Å². The topological polar surface area (TPSA) is 108 Å². The Kier molecular flexibility index (Phi) is 10.4. The van der Waals surface area contributed by atoms with Gasteiger partial charge in [-0.2, -0.15) is 11.8 Å². The van der Waals surface area contributed by atoms with Gasteiger partial charge in [-0.15, -0.1) is 0 Å². The predicted molar refractivity (Wildman–Crippen MR) is 101 cm³/mol. The van der Waals surface area contributed by atoms with E-state index in [9.17, 15) is 14.4 Å². The van der Waals surface area contributed by atoms with Gasteiger partial charge in [0, 0.05) is 31.9 Å². The molecule has 144 valence electrons. The molecular weight excluding hydrogens is 356 g/mol. The molecule has 8 heteroatoms. The molecule has 7 nitrogen and oxygen atoms in total. The lowest BCUT2D eigenvalue weighted by Crippen LogP contribution is -2.43. The third kappa shape index (κ3) is 10.0. The zero-order chi connectivity index (χ0) is 19.4. The summed E-state index contributed by atoms with van der Waals surface area (Å²) in [5, 5.41) is 2.81. The van der Waals surface area contributed by atoms with Gasteiger partial charge >= 0.3 is 11.9 Å². The van der Waals surface area contributed by atoms with Gasteiger partial charge in [0.15, 0.2) is 0 Å². The van der Waals surface area contributed by atoms with Crippen LogP contribution in [0.4, 0.5) is 0 Å². The van der Waals surface area contributed by atoms with Crippen molar-refractivity contribution in [2.45, 2.75) is 32.4 Å². The number of thioether (sulfide) groups is 1. The summed E-state index contributed by atoms with van der Waals surface area (Å²) in [5.41, 5.74) is 7.02. The number of carbonyl (C=O) groups excluding carboxylic acids is 3. The number of rotatable bonds is 11. The van der Waals surface area contributed by atoms with Gasteiger partial charge < -0.3 is 20.5 Å². The third-order valence-corrected chi connectivity index (χ3v) is 4.50. The van der Waals surface area contributed by atoms with Crippen molar-refractivity contribution in [3.63, 3.8) is 0 Å². The van der Waals surface area contributed by atoms with Crippen molar-refractivity contribution in [1.29, 1.82) is 0 Å². The van der Waals surface area contributed by atoms with E-state index in [1.54, 1.807) is 0 Å². The zero-order valence-corrected chi connectivity index (χ0v) is 15.9. The minimum Gasteiger partial charge on any atom is -0.462 e. The van der Waals surface area contributed by atoms with Gasteiger partial charge in [-0.3, -0.25) is 14.4 Å². The van der Waals surface area contributed by atoms with Crippen molar-refractivity contribution in [3.05, 3.63) is 35.9 Å². The first-order chi connectivity index (χ1) is 12.4. The highest BCUT2D eigenvalue weighted by atomic mass is 32.2. The van der Waals surface area contributed by atoms with Crippen LogP contribution in [-0.2, 0) is 30.3 Å². The lowest BCUT2D eigenvalue weighted by Gasteiger charge is -2.17. The molecule has 2 atom stereocenters. The van der Waals surface area contributed by atoms with Crippen LogP contribution < -0.4 is 11.1 Å². The van der Waals surface area contributed by atoms with Crippen LogP contribution in [-0.4, -0.2) is 54.6 Å². The van der Waals surface area contributed by atoms with E-state index in [0.29, 0.717) is 18.1 Å². The molecule has 0 aliphatic rings. The Morgan fingerprint density at radius 2 is 1.81 bits per heavy atom. The van der Waals surface area contributed by atoms with Gasteiger partial charge in [0.25, 0.3) is 0 Å². The Labute approximate surface area is 158 Å². The van der Waals surface area contributed by atoms with Crippen LogP contribution >= 0.6 is 11.8 Å². The molecule has 26 heavy (non-hydrogen) atoms. The van der Waals surface area contributed by atoms with Crippen LogP contribution in [0.3, 0.4) is 0 Å². The minimum absolute atomic E-state index is 0.0135. The van der Waals surface area contributed by atoms with E-state index >= 15 is 0 Å². The highest BCUT2D eigenvalue weighted by Crippen LogP contribution is 2.09. The number of carbonyl (C=O) groups is 3. The lowest BCUT2D eigenvalue weighted by atomic mass is 10.1. The second kappa shape index (κ2) is 12.3. The molecule has 0 aromatic heterocycles. The Morgan fingerprint density at radius 3 is 2.42 bits per heavy atom. The molecule has 0 spiro atoms. The van der Waals surface area contributed by atoms with E-state index in [1.807, 2.05) is 30.3 Å². The molecule has 0 saturated heterocycles. The van der Waals surface area contributed by atoms with E-state index in [2.05, 4.69) is 5.32 Å². The number of nitrogens with two attached hydrogens (primary N) is 1. The number of benzene rings is 1. The van der Waals surface area contributed by atoms with Crippen molar-refractivity contribution in [2.24, 2.45) is 5.73 Å². The van der Waals surface area contributed by atoms with E-state index in [-0.39, 0.29) is 12.5 Å². The summed E-state index contributed by atoms with van der Waals surface area (Å²) < 4.78 is 9.94. The average Bonchev–Trinajstić information content (AvgIpc) is 2.59. The van der Waals surface area contributed by atoms with Crippen molar-refractivity contribution < 1.29 is 23.9 Å². The first kappa shape index (κ1) is 22.0.